The summed E-state index contributed by atoms with van der Waals surface area (Å²) < 4.78 is 11.1. The minimum absolute atomic E-state index is 0.634. The molecule has 2 heterocycles. The predicted molar refractivity (Wildman–Crippen MR) is 68.2 cm³/mol. The third-order valence-corrected chi connectivity index (χ3v) is 3.04. The molecule has 1 aromatic carbocycles. The second-order valence-corrected chi connectivity index (χ2v) is 4.52. The van der Waals surface area contributed by atoms with Crippen molar-refractivity contribution in [1.82, 2.24) is 10.2 Å². The molecule has 0 unspecified atom stereocenters. The Hall–Kier alpha value is -1.97. The number of nitrogens with one attached hydrogen (secondary N) is 1. The van der Waals surface area contributed by atoms with Crippen LogP contribution in [0, 0.1) is 6.92 Å². The number of aromatic nitrogens is 2. The molecule has 0 fully saturated rings. The first-order valence-corrected chi connectivity index (χ1v) is 6.21. The van der Waals surface area contributed by atoms with Gasteiger partial charge in [0.1, 0.15) is 13.2 Å². The molecular formula is C14H16N2O2. The molecule has 4 nitrogen and oxygen atoms in total. The first-order valence-electron chi connectivity index (χ1n) is 6.21. The van der Waals surface area contributed by atoms with Crippen LogP contribution in [0.3, 0.4) is 0 Å². The Balaban J connectivity index is 1.69. The summed E-state index contributed by atoms with van der Waals surface area (Å²) in [5.41, 5.74) is 3.45. The topological polar surface area (TPSA) is 47.1 Å². The van der Waals surface area contributed by atoms with E-state index in [-0.39, 0.29) is 0 Å². The van der Waals surface area contributed by atoms with Gasteiger partial charge in [-0.1, -0.05) is 6.07 Å². The molecule has 94 valence electrons. The van der Waals surface area contributed by atoms with E-state index in [2.05, 4.69) is 28.4 Å². The van der Waals surface area contributed by atoms with Crippen molar-refractivity contribution >= 4 is 0 Å². The van der Waals surface area contributed by atoms with Gasteiger partial charge in [-0.3, -0.25) is 5.10 Å². The van der Waals surface area contributed by atoms with Crippen LogP contribution in [0.15, 0.2) is 24.3 Å². The van der Waals surface area contributed by atoms with Crippen molar-refractivity contribution in [1.29, 1.82) is 0 Å². The lowest BCUT2D eigenvalue weighted by Gasteiger charge is -2.18. The summed E-state index contributed by atoms with van der Waals surface area (Å²) in [5.74, 6) is 1.71. The van der Waals surface area contributed by atoms with Crippen LogP contribution in [0.5, 0.6) is 11.5 Å². The van der Waals surface area contributed by atoms with Crippen LogP contribution in [0.1, 0.15) is 17.0 Å². The second kappa shape index (κ2) is 4.72. The Morgan fingerprint density at radius 1 is 1.11 bits per heavy atom. The van der Waals surface area contributed by atoms with Gasteiger partial charge < -0.3 is 9.47 Å². The SMILES string of the molecule is Cc1cc(CCc2ccc3c(c2)OCCO3)n[nH]1. The van der Waals surface area contributed by atoms with Gasteiger partial charge >= 0.3 is 0 Å². The van der Waals surface area contributed by atoms with Gasteiger partial charge in [-0.25, -0.2) is 0 Å². The van der Waals surface area contributed by atoms with Crippen molar-refractivity contribution in [3.05, 3.63) is 41.2 Å². The van der Waals surface area contributed by atoms with E-state index in [0.29, 0.717) is 13.2 Å². The Morgan fingerprint density at radius 2 is 1.94 bits per heavy atom. The summed E-state index contributed by atoms with van der Waals surface area (Å²) >= 11 is 0. The van der Waals surface area contributed by atoms with Crippen molar-refractivity contribution in [2.24, 2.45) is 0 Å². The number of hydrogen-bond donors (Lipinski definition) is 1. The van der Waals surface area contributed by atoms with E-state index in [1.165, 1.54) is 5.56 Å². The molecule has 0 amide bonds. The molecule has 0 aliphatic carbocycles. The van der Waals surface area contributed by atoms with Gasteiger partial charge in [0.2, 0.25) is 0 Å². The van der Waals surface area contributed by atoms with Crippen LogP contribution in [0.4, 0.5) is 0 Å². The van der Waals surface area contributed by atoms with E-state index in [1.54, 1.807) is 0 Å². The van der Waals surface area contributed by atoms with Gasteiger partial charge in [0.15, 0.2) is 11.5 Å². The summed E-state index contributed by atoms with van der Waals surface area (Å²) in [6.07, 6.45) is 1.89. The molecule has 0 saturated heterocycles. The van der Waals surface area contributed by atoms with Crippen molar-refractivity contribution in [3.63, 3.8) is 0 Å². The summed E-state index contributed by atoms with van der Waals surface area (Å²) in [6, 6.07) is 8.22. The fourth-order valence-corrected chi connectivity index (χ4v) is 2.12. The van der Waals surface area contributed by atoms with Crippen LogP contribution in [-0.4, -0.2) is 23.4 Å². The third-order valence-electron chi connectivity index (χ3n) is 3.04. The van der Waals surface area contributed by atoms with Gasteiger partial charge in [-0.15, -0.1) is 0 Å². The van der Waals surface area contributed by atoms with Crippen LogP contribution in [0.25, 0.3) is 0 Å². The quantitative estimate of drug-likeness (QED) is 0.901. The molecule has 0 bridgehead atoms. The van der Waals surface area contributed by atoms with Gasteiger partial charge in [0.25, 0.3) is 0 Å². The fourth-order valence-electron chi connectivity index (χ4n) is 2.12. The van der Waals surface area contributed by atoms with Gasteiger partial charge in [0.05, 0.1) is 5.69 Å². The van der Waals surface area contributed by atoms with Crippen molar-refractivity contribution in [3.8, 4) is 11.5 Å². The summed E-state index contributed by atoms with van der Waals surface area (Å²) in [7, 11) is 0. The van der Waals surface area contributed by atoms with Crippen molar-refractivity contribution < 1.29 is 9.47 Å². The largest absolute Gasteiger partial charge is 0.486 e. The average Bonchev–Trinajstić information content (AvgIpc) is 2.82. The van der Waals surface area contributed by atoms with E-state index in [0.717, 1.165) is 35.7 Å². The van der Waals surface area contributed by atoms with E-state index >= 15 is 0 Å². The van der Waals surface area contributed by atoms with Gasteiger partial charge in [-0.05, 0) is 43.5 Å². The molecule has 1 aromatic heterocycles. The Morgan fingerprint density at radius 3 is 2.72 bits per heavy atom. The molecule has 0 radical (unpaired) electrons. The standard InChI is InChI=1S/C14H16N2O2/c1-10-8-12(16-15-10)4-2-11-3-5-13-14(9-11)18-7-6-17-13/h3,5,8-9H,2,4,6-7H2,1H3,(H,15,16). The highest BCUT2D eigenvalue weighted by Gasteiger charge is 2.11. The number of benzene rings is 1. The number of ether oxygens (including phenoxy) is 2. The van der Waals surface area contributed by atoms with Gasteiger partial charge in [-0.2, -0.15) is 5.10 Å². The molecule has 0 atom stereocenters. The summed E-state index contributed by atoms with van der Waals surface area (Å²) in [5, 5.41) is 7.20. The lowest BCUT2D eigenvalue weighted by Crippen LogP contribution is -2.15. The lowest BCUT2D eigenvalue weighted by molar-refractivity contribution is 0.171. The molecular weight excluding hydrogens is 228 g/mol. The number of nitrogens with zero attached hydrogens (tertiary/aromatic N) is 1. The number of fused-ring (bicyclic) bond motifs is 1. The van der Waals surface area contributed by atoms with Gasteiger partial charge in [0, 0.05) is 5.69 Å². The maximum Gasteiger partial charge on any atom is 0.161 e. The van der Waals surface area contributed by atoms with Crippen molar-refractivity contribution in [2.75, 3.05) is 13.2 Å². The lowest BCUT2D eigenvalue weighted by atomic mass is 10.1. The minimum atomic E-state index is 0.634. The number of rotatable bonds is 3. The maximum atomic E-state index is 5.57. The first-order chi connectivity index (χ1) is 8.81. The second-order valence-electron chi connectivity index (χ2n) is 4.52. The highest BCUT2D eigenvalue weighted by Crippen LogP contribution is 2.31. The maximum absolute atomic E-state index is 5.57. The Bertz CT molecular complexity index is 548. The van der Waals surface area contributed by atoms with Crippen molar-refractivity contribution in [2.45, 2.75) is 19.8 Å². The molecule has 0 saturated carbocycles. The molecule has 1 N–H and O–H groups in total. The highest BCUT2D eigenvalue weighted by molar-refractivity contribution is 5.43. The zero-order valence-electron chi connectivity index (χ0n) is 10.4. The fraction of sp³-hybridized carbons (Fsp3) is 0.357. The van der Waals surface area contributed by atoms with Crippen LogP contribution >= 0.6 is 0 Å². The van der Waals surface area contributed by atoms with E-state index in [1.807, 2.05) is 13.0 Å². The van der Waals surface area contributed by atoms with Crippen LogP contribution < -0.4 is 9.47 Å². The number of aryl methyl sites for hydroxylation is 3. The smallest absolute Gasteiger partial charge is 0.161 e. The molecule has 3 rings (SSSR count). The zero-order valence-corrected chi connectivity index (χ0v) is 10.4. The number of aromatic amines is 1. The van der Waals surface area contributed by atoms with Crippen LogP contribution in [0.2, 0.25) is 0 Å². The van der Waals surface area contributed by atoms with E-state index in [9.17, 15) is 0 Å². The number of hydrogen-bond acceptors (Lipinski definition) is 3. The van der Waals surface area contributed by atoms with E-state index < -0.39 is 0 Å². The summed E-state index contributed by atoms with van der Waals surface area (Å²) in [6.45, 7) is 3.29. The van der Waals surface area contributed by atoms with E-state index in [4.69, 9.17) is 9.47 Å². The molecule has 18 heavy (non-hydrogen) atoms. The third kappa shape index (κ3) is 2.32. The highest BCUT2D eigenvalue weighted by atomic mass is 16.6. The monoisotopic (exact) mass is 244 g/mol. The predicted octanol–water partition coefficient (Wildman–Crippen LogP) is 2.27. The minimum Gasteiger partial charge on any atom is -0.486 e. The first kappa shape index (κ1) is 11.1. The molecule has 0 spiro atoms. The molecule has 1 aliphatic heterocycles. The average molecular weight is 244 g/mol. The normalized spacial score (nSPS) is 13.6. The van der Waals surface area contributed by atoms with Crippen LogP contribution in [-0.2, 0) is 12.8 Å². The summed E-state index contributed by atoms with van der Waals surface area (Å²) in [4.78, 5) is 0. The Kier molecular flexibility index (Phi) is 2.92. The zero-order chi connectivity index (χ0) is 12.4. The number of H-pyrrole nitrogens is 1. The molecule has 2 aromatic rings. The molecule has 1 aliphatic rings. The Labute approximate surface area is 106 Å². The molecule has 4 heteroatoms.